The molecule has 0 saturated heterocycles. The van der Waals surface area contributed by atoms with E-state index in [0.717, 1.165) is 18.7 Å². The minimum Gasteiger partial charge on any atom is -0.310 e. The molecule has 1 N–H and O–H groups in total. The Bertz CT molecular complexity index is 450. The zero-order valence-electron chi connectivity index (χ0n) is 10.3. The molecule has 2 nitrogen and oxygen atoms in total. The molecule has 1 unspecified atom stereocenters. The van der Waals surface area contributed by atoms with Gasteiger partial charge >= 0.3 is 0 Å². The summed E-state index contributed by atoms with van der Waals surface area (Å²) in [5.41, 5.74) is 2.52. The third-order valence-electron chi connectivity index (χ3n) is 2.74. The fourth-order valence-corrected chi connectivity index (χ4v) is 2.69. The number of aryl methyl sites for hydroxylation is 1. The first-order valence-electron chi connectivity index (χ1n) is 5.98. The summed E-state index contributed by atoms with van der Waals surface area (Å²) in [4.78, 5) is 5.76. The fourth-order valence-electron chi connectivity index (χ4n) is 1.93. The number of thiophene rings is 1. The lowest BCUT2D eigenvalue weighted by molar-refractivity contribution is 0.545. The van der Waals surface area contributed by atoms with E-state index in [-0.39, 0.29) is 0 Å². The fraction of sp³-hybridized carbons (Fsp3) is 0.357. The zero-order valence-corrected chi connectivity index (χ0v) is 11.1. The Kier molecular flexibility index (Phi) is 4.29. The quantitative estimate of drug-likeness (QED) is 0.875. The second kappa shape index (κ2) is 5.94. The molecule has 0 amide bonds. The van der Waals surface area contributed by atoms with Gasteiger partial charge in [-0.2, -0.15) is 0 Å². The predicted molar refractivity (Wildman–Crippen MR) is 73.4 cm³/mol. The summed E-state index contributed by atoms with van der Waals surface area (Å²) in [6.45, 7) is 5.27. The van der Waals surface area contributed by atoms with Crippen LogP contribution in [0.2, 0.25) is 0 Å². The van der Waals surface area contributed by atoms with E-state index in [0.29, 0.717) is 6.04 Å². The van der Waals surface area contributed by atoms with Crippen LogP contribution in [0.1, 0.15) is 29.1 Å². The van der Waals surface area contributed by atoms with Crippen LogP contribution < -0.4 is 5.32 Å². The highest BCUT2D eigenvalue weighted by atomic mass is 32.1. The standard InChI is InChI=1S/C14H18N2S/c1-3-15-14(12-8-11(2)17-10-12)9-13-6-4-5-7-16-13/h4-8,10,14-15H,3,9H2,1-2H3. The maximum absolute atomic E-state index is 4.40. The molecule has 0 radical (unpaired) electrons. The summed E-state index contributed by atoms with van der Waals surface area (Å²) < 4.78 is 0. The molecule has 2 aromatic heterocycles. The minimum atomic E-state index is 0.375. The van der Waals surface area contributed by atoms with Crippen LogP contribution in [0.25, 0.3) is 0 Å². The molecular formula is C14H18N2S. The van der Waals surface area contributed by atoms with Crippen LogP contribution >= 0.6 is 11.3 Å². The van der Waals surface area contributed by atoms with E-state index in [4.69, 9.17) is 0 Å². The summed E-state index contributed by atoms with van der Waals surface area (Å²) >= 11 is 1.81. The molecule has 0 saturated carbocycles. The monoisotopic (exact) mass is 246 g/mol. The van der Waals surface area contributed by atoms with Gasteiger partial charge in [0.25, 0.3) is 0 Å². The van der Waals surface area contributed by atoms with E-state index >= 15 is 0 Å². The molecular weight excluding hydrogens is 228 g/mol. The van der Waals surface area contributed by atoms with Crippen molar-refractivity contribution in [3.8, 4) is 0 Å². The molecule has 3 heteroatoms. The molecule has 0 bridgehead atoms. The van der Waals surface area contributed by atoms with Crippen LogP contribution in [0.15, 0.2) is 35.8 Å². The van der Waals surface area contributed by atoms with Crippen molar-refractivity contribution in [1.29, 1.82) is 0 Å². The Morgan fingerprint density at radius 3 is 2.88 bits per heavy atom. The van der Waals surface area contributed by atoms with Crippen molar-refractivity contribution in [3.63, 3.8) is 0 Å². The van der Waals surface area contributed by atoms with Gasteiger partial charge < -0.3 is 5.32 Å². The third kappa shape index (κ3) is 3.38. The Hall–Kier alpha value is -1.19. The van der Waals surface area contributed by atoms with E-state index in [9.17, 15) is 0 Å². The molecule has 0 aliphatic heterocycles. The largest absolute Gasteiger partial charge is 0.310 e. The zero-order chi connectivity index (χ0) is 12.1. The second-order valence-corrected chi connectivity index (χ2v) is 5.24. The summed E-state index contributed by atoms with van der Waals surface area (Å²) in [6.07, 6.45) is 2.81. The molecule has 0 aromatic carbocycles. The number of likely N-dealkylation sites (N-methyl/N-ethyl adjacent to an activating group) is 1. The first kappa shape index (κ1) is 12.3. The van der Waals surface area contributed by atoms with Crippen LogP contribution in [0.4, 0.5) is 0 Å². The van der Waals surface area contributed by atoms with Crippen LogP contribution in [0.5, 0.6) is 0 Å². The van der Waals surface area contributed by atoms with Crippen molar-refractivity contribution in [1.82, 2.24) is 10.3 Å². The lowest BCUT2D eigenvalue weighted by atomic mass is 10.0. The summed E-state index contributed by atoms with van der Waals surface area (Å²) in [7, 11) is 0. The van der Waals surface area contributed by atoms with Gasteiger partial charge in [-0.05, 0) is 42.6 Å². The van der Waals surface area contributed by atoms with Gasteiger partial charge in [-0.25, -0.2) is 0 Å². The van der Waals surface area contributed by atoms with Crippen molar-refractivity contribution in [3.05, 3.63) is 52.0 Å². The van der Waals surface area contributed by atoms with Crippen LogP contribution in [0, 0.1) is 6.92 Å². The van der Waals surface area contributed by atoms with E-state index in [1.165, 1.54) is 10.4 Å². The lowest BCUT2D eigenvalue weighted by Gasteiger charge is -2.16. The summed E-state index contributed by atoms with van der Waals surface area (Å²) in [6, 6.07) is 8.73. The number of hydrogen-bond acceptors (Lipinski definition) is 3. The van der Waals surface area contributed by atoms with Crippen molar-refractivity contribution < 1.29 is 0 Å². The number of pyridine rings is 1. The van der Waals surface area contributed by atoms with Gasteiger partial charge in [0, 0.05) is 29.2 Å². The minimum absolute atomic E-state index is 0.375. The number of aromatic nitrogens is 1. The van der Waals surface area contributed by atoms with E-state index in [1.54, 1.807) is 0 Å². The second-order valence-electron chi connectivity index (χ2n) is 4.13. The predicted octanol–water partition coefficient (Wildman–Crippen LogP) is 3.34. The van der Waals surface area contributed by atoms with E-state index < -0.39 is 0 Å². The van der Waals surface area contributed by atoms with Crippen LogP contribution in [-0.4, -0.2) is 11.5 Å². The van der Waals surface area contributed by atoms with Gasteiger partial charge in [0.05, 0.1) is 0 Å². The van der Waals surface area contributed by atoms with Gasteiger partial charge in [0.15, 0.2) is 0 Å². The summed E-state index contributed by atoms with van der Waals surface area (Å²) in [5.74, 6) is 0. The Morgan fingerprint density at radius 1 is 1.41 bits per heavy atom. The maximum Gasteiger partial charge on any atom is 0.0422 e. The molecule has 17 heavy (non-hydrogen) atoms. The molecule has 0 spiro atoms. The van der Waals surface area contributed by atoms with Crippen molar-refractivity contribution >= 4 is 11.3 Å². The number of hydrogen-bond donors (Lipinski definition) is 1. The average molecular weight is 246 g/mol. The van der Waals surface area contributed by atoms with Gasteiger partial charge in [-0.3, -0.25) is 4.98 Å². The molecule has 0 fully saturated rings. The molecule has 0 aliphatic carbocycles. The number of nitrogens with one attached hydrogen (secondary N) is 1. The van der Waals surface area contributed by atoms with Gasteiger partial charge in [0.1, 0.15) is 0 Å². The van der Waals surface area contributed by atoms with Gasteiger partial charge in [0.2, 0.25) is 0 Å². The van der Waals surface area contributed by atoms with Crippen molar-refractivity contribution in [2.75, 3.05) is 6.54 Å². The first-order valence-corrected chi connectivity index (χ1v) is 6.86. The molecule has 90 valence electrons. The summed E-state index contributed by atoms with van der Waals surface area (Å²) in [5, 5.41) is 5.77. The van der Waals surface area contributed by atoms with Gasteiger partial charge in [-0.15, -0.1) is 11.3 Å². The highest BCUT2D eigenvalue weighted by Crippen LogP contribution is 2.22. The van der Waals surface area contributed by atoms with E-state index in [1.807, 2.05) is 29.7 Å². The third-order valence-corrected chi connectivity index (χ3v) is 3.62. The van der Waals surface area contributed by atoms with Crippen molar-refractivity contribution in [2.45, 2.75) is 26.3 Å². The van der Waals surface area contributed by atoms with Gasteiger partial charge in [-0.1, -0.05) is 13.0 Å². The van der Waals surface area contributed by atoms with Crippen molar-refractivity contribution in [2.24, 2.45) is 0 Å². The SMILES string of the molecule is CCNC(Cc1ccccn1)c1csc(C)c1. The highest BCUT2D eigenvalue weighted by molar-refractivity contribution is 7.10. The molecule has 1 atom stereocenters. The number of nitrogens with zero attached hydrogens (tertiary/aromatic N) is 1. The maximum atomic E-state index is 4.40. The Balaban J connectivity index is 2.13. The molecule has 2 aromatic rings. The molecule has 2 rings (SSSR count). The molecule has 0 aliphatic rings. The average Bonchev–Trinajstić information content (AvgIpc) is 2.77. The molecule has 2 heterocycles. The topological polar surface area (TPSA) is 24.9 Å². The number of rotatable bonds is 5. The smallest absolute Gasteiger partial charge is 0.0422 e. The van der Waals surface area contributed by atoms with Crippen LogP contribution in [-0.2, 0) is 6.42 Å². The lowest BCUT2D eigenvalue weighted by Crippen LogP contribution is -2.22. The first-order chi connectivity index (χ1) is 8.29. The Labute approximate surface area is 107 Å². The highest BCUT2D eigenvalue weighted by Gasteiger charge is 2.12. The van der Waals surface area contributed by atoms with E-state index in [2.05, 4.69) is 41.7 Å². The Morgan fingerprint density at radius 2 is 2.29 bits per heavy atom. The normalized spacial score (nSPS) is 12.6. The van der Waals surface area contributed by atoms with Crippen LogP contribution in [0.3, 0.4) is 0 Å².